The predicted octanol–water partition coefficient (Wildman–Crippen LogP) is 2.16. The van der Waals surface area contributed by atoms with E-state index < -0.39 is 0 Å². The summed E-state index contributed by atoms with van der Waals surface area (Å²) in [5.41, 5.74) is 7.22. The highest BCUT2D eigenvalue weighted by Gasteiger charge is 2.13. The molecular weight excluding hydrogens is 160 g/mol. The minimum atomic E-state index is 0.675. The minimum absolute atomic E-state index is 0.675. The second kappa shape index (κ2) is 3.58. The van der Waals surface area contributed by atoms with Crippen molar-refractivity contribution in [1.29, 1.82) is 5.41 Å². The van der Waals surface area contributed by atoms with Crippen molar-refractivity contribution < 1.29 is 0 Å². The summed E-state index contributed by atoms with van der Waals surface area (Å²) < 4.78 is 0. The molecule has 3 N–H and O–H groups in total. The third-order valence-electron chi connectivity index (χ3n) is 1.83. The van der Waals surface area contributed by atoms with Gasteiger partial charge in [-0.2, -0.15) is 0 Å². The molecule has 2 nitrogen and oxygen atoms in total. The van der Waals surface area contributed by atoms with Crippen LogP contribution in [-0.4, -0.2) is 6.21 Å². The van der Waals surface area contributed by atoms with Crippen LogP contribution in [0.2, 0.25) is 0 Å². The van der Waals surface area contributed by atoms with Crippen LogP contribution in [0.1, 0.15) is 19.3 Å². The van der Waals surface area contributed by atoms with E-state index in [0.717, 1.165) is 30.4 Å². The molecule has 0 saturated heterocycles. The zero-order chi connectivity index (χ0) is 8.27. The van der Waals surface area contributed by atoms with E-state index in [1.807, 2.05) is 0 Å². The fourth-order valence-electron chi connectivity index (χ4n) is 1.19. The van der Waals surface area contributed by atoms with Gasteiger partial charge >= 0.3 is 0 Å². The lowest BCUT2D eigenvalue weighted by Gasteiger charge is -2.14. The molecule has 0 bridgehead atoms. The standard InChI is InChI=1S/C8H11ClN2/c9-8-6(4-10)2-1-3-7(8)5-11/h4-5,10H,1-3,11H2/b7-5+,10-4?. The zero-order valence-corrected chi connectivity index (χ0v) is 6.99. The van der Waals surface area contributed by atoms with E-state index in [-0.39, 0.29) is 0 Å². The maximum Gasteiger partial charge on any atom is 0.0499 e. The molecule has 3 heteroatoms. The van der Waals surface area contributed by atoms with Gasteiger partial charge in [0.2, 0.25) is 0 Å². The Bertz CT molecular complexity index is 228. The minimum Gasteiger partial charge on any atom is -0.404 e. The fourth-order valence-corrected chi connectivity index (χ4v) is 1.49. The molecule has 0 spiro atoms. The SMILES string of the molecule is N=CC1=C(Cl)/C(=C/N)CCC1. The zero-order valence-electron chi connectivity index (χ0n) is 6.23. The van der Waals surface area contributed by atoms with Crippen molar-refractivity contribution >= 4 is 17.8 Å². The quantitative estimate of drug-likeness (QED) is 0.583. The number of rotatable bonds is 1. The van der Waals surface area contributed by atoms with E-state index in [1.165, 1.54) is 12.4 Å². The molecule has 0 radical (unpaired) electrons. The monoisotopic (exact) mass is 170 g/mol. The average molecular weight is 171 g/mol. The number of hydrogen-bond acceptors (Lipinski definition) is 2. The van der Waals surface area contributed by atoms with Crippen LogP contribution in [-0.2, 0) is 0 Å². The number of nitrogens with two attached hydrogens (primary N) is 1. The Kier molecular flexibility index (Phi) is 2.71. The Labute approximate surface area is 71.2 Å². The summed E-state index contributed by atoms with van der Waals surface area (Å²) in [6, 6.07) is 0. The van der Waals surface area contributed by atoms with Gasteiger partial charge in [-0.25, -0.2) is 0 Å². The molecular formula is C8H11ClN2. The Hall–Kier alpha value is -0.760. The van der Waals surface area contributed by atoms with Crippen molar-refractivity contribution in [3.05, 3.63) is 22.4 Å². The average Bonchev–Trinajstić information content (AvgIpc) is 2.05. The van der Waals surface area contributed by atoms with E-state index in [2.05, 4.69) is 0 Å². The summed E-state index contributed by atoms with van der Waals surface area (Å²) in [6.07, 6.45) is 5.73. The molecule has 0 aromatic rings. The number of allylic oxidation sites excluding steroid dienone is 3. The van der Waals surface area contributed by atoms with Gasteiger partial charge in [0.1, 0.15) is 0 Å². The smallest absolute Gasteiger partial charge is 0.0499 e. The van der Waals surface area contributed by atoms with Gasteiger partial charge in [0, 0.05) is 11.2 Å². The van der Waals surface area contributed by atoms with E-state index in [9.17, 15) is 0 Å². The lowest BCUT2D eigenvalue weighted by molar-refractivity contribution is 0.798. The fraction of sp³-hybridized carbons (Fsp3) is 0.375. The normalized spacial score (nSPS) is 22.5. The molecule has 0 aromatic carbocycles. The molecule has 0 unspecified atom stereocenters. The second-order valence-electron chi connectivity index (χ2n) is 2.53. The maximum atomic E-state index is 7.06. The number of hydrogen-bond donors (Lipinski definition) is 2. The molecule has 0 atom stereocenters. The highest BCUT2D eigenvalue weighted by molar-refractivity contribution is 6.33. The van der Waals surface area contributed by atoms with Crippen molar-refractivity contribution in [3.8, 4) is 0 Å². The summed E-state index contributed by atoms with van der Waals surface area (Å²) >= 11 is 5.93. The van der Waals surface area contributed by atoms with E-state index in [1.54, 1.807) is 0 Å². The molecule has 0 amide bonds. The molecule has 0 aliphatic heterocycles. The van der Waals surface area contributed by atoms with Crippen molar-refractivity contribution in [2.75, 3.05) is 0 Å². The lowest BCUT2D eigenvalue weighted by Crippen LogP contribution is -2.01. The number of halogens is 1. The van der Waals surface area contributed by atoms with Crippen LogP contribution in [0.15, 0.2) is 22.4 Å². The largest absolute Gasteiger partial charge is 0.404 e. The Balaban J connectivity index is 2.97. The van der Waals surface area contributed by atoms with Gasteiger partial charge < -0.3 is 11.1 Å². The Morgan fingerprint density at radius 3 is 2.73 bits per heavy atom. The first-order valence-electron chi connectivity index (χ1n) is 3.60. The van der Waals surface area contributed by atoms with Crippen LogP contribution in [0.25, 0.3) is 0 Å². The molecule has 1 aliphatic rings. The third-order valence-corrected chi connectivity index (χ3v) is 2.32. The van der Waals surface area contributed by atoms with Gasteiger partial charge in [-0.05, 0) is 36.6 Å². The van der Waals surface area contributed by atoms with Gasteiger partial charge in [-0.1, -0.05) is 11.6 Å². The number of nitrogens with one attached hydrogen (secondary N) is 1. The van der Waals surface area contributed by atoms with Crippen molar-refractivity contribution in [2.45, 2.75) is 19.3 Å². The highest BCUT2D eigenvalue weighted by atomic mass is 35.5. The molecule has 1 rings (SSSR count). The first kappa shape index (κ1) is 8.34. The maximum absolute atomic E-state index is 7.06. The van der Waals surface area contributed by atoms with Gasteiger partial charge in [-0.3, -0.25) is 0 Å². The van der Waals surface area contributed by atoms with Crippen molar-refractivity contribution in [3.63, 3.8) is 0 Å². The van der Waals surface area contributed by atoms with Crippen LogP contribution in [0, 0.1) is 5.41 Å². The Morgan fingerprint density at radius 1 is 1.45 bits per heavy atom. The summed E-state index contributed by atoms with van der Waals surface area (Å²) in [7, 11) is 0. The van der Waals surface area contributed by atoms with Crippen LogP contribution in [0.3, 0.4) is 0 Å². The summed E-state index contributed by atoms with van der Waals surface area (Å²) in [5, 5.41) is 7.73. The predicted molar refractivity (Wildman–Crippen MR) is 47.8 cm³/mol. The molecule has 1 aliphatic carbocycles. The Morgan fingerprint density at radius 2 is 2.18 bits per heavy atom. The van der Waals surface area contributed by atoms with Crippen LogP contribution in [0.5, 0.6) is 0 Å². The van der Waals surface area contributed by atoms with Gasteiger partial charge in [0.15, 0.2) is 0 Å². The highest BCUT2D eigenvalue weighted by Crippen LogP contribution is 2.30. The van der Waals surface area contributed by atoms with Crippen molar-refractivity contribution in [1.82, 2.24) is 0 Å². The molecule has 0 saturated carbocycles. The summed E-state index contributed by atoms with van der Waals surface area (Å²) in [4.78, 5) is 0. The van der Waals surface area contributed by atoms with Crippen LogP contribution in [0.4, 0.5) is 0 Å². The van der Waals surface area contributed by atoms with Crippen molar-refractivity contribution in [2.24, 2.45) is 5.73 Å². The summed E-state index contributed by atoms with van der Waals surface area (Å²) in [5.74, 6) is 0. The molecule has 60 valence electrons. The van der Waals surface area contributed by atoms with E-state index in [4.69, 9.17) is 22.7 Å². The van der Waals surface area contributed by atoms with E-state index in [0.29, 0.717) is 5.03 Å². The molecule has 0 heterocycles. The third kappa shape index (κ3) is 1.63. The summed E-state index contributed by atoms with van der Waals surface area (Å²) in [6.45, 7) is 0. The molecule has 11 heavy (non-hydrogen) atoms. The van der Waals surface area contributed by atoms with Crippen LogP contribution >= 0.6 is 11.6 Å². The van der Waals surface area contributed by atoms with E-state index >= 15 is 0 Å². The van der Waals surface area contributed by atoms with Gasteiger partial charge in [0.25, 0.3) is 0 Å². The van der Waals surface area contributed by atoms with Gasteiger partial charge in [-0.15, -0.1) is 0 Å². The molecule has 0 fully saturated rings. The topological polar surface area (TPSA) is 49.9 Å². The first-order chi connectivity index (χ1) is 5.29. The molecule has 0 aromatic heterocycles. The van der Waals surface area contributed by atoms with Gasteiger partial charge in [0.05, 0.1) is 0 Å². The van der Waals surface area contributed by atoms with Crippen LogP contribution < -0.4 is 5.73 Å². The second-order valence-corrected chi connectivity index (χ2v) is 2.91. The lowest BCUT2D eigenvalue weighted by atomic mass is 9.96. The first-order valence-corrected chi connectivity index (χ1v) is 3.97.